The van der Waals surface area contributed by atoms with E-state index in [2.05, 4.69) is 5.32 Å². The smallest absolute Gasteiger partial charge is 0.293 e. The number of carbonyl (C=O) groups is 3. The molecule has 3 aromatic carbocycles. The minimum Gasteiger partial charge on any atom is -0.483 e. The molecule has 1 aliphatic heterocycles. The molecule has 0 aromatic heterocycles. The van der Waals surface area contributed by atoms with E-state index in [1.807, 2.05) is 68.4 Å². The maximum absolute atomic E-state index is 13.0. The van der Waals surface area contributed by atoms with Crippen LogP contribution in [-0.2, 0) is 16.1 Å². The molecule has 1 N–H and O–H groups in total. The van der Waals surface area contributed by atoms with Gasteiger partial charge in [0.2, 0.25) is 0 Å². The number of benzene rings is 3. The van der Waals surface area contributed by atoms with E-state index in [0.717, 1.165) is 28.5 Å². The van der Waals surface area contributed by atoms with Gasteiger partial charge in [0, 0.05) is 11.3 Å². The Bertz CT molecular complexity index is 1280. The minimum atomic E-state index is -0.342. The van der Waals surface area contributed by atoms with Crippen LogP contribution in [0.3, 0.4) is 0 Å². The van der Waals surface area contributed by atoms with E-state index in [4.69, 9.17) is 4.74 Å². The van der Waals surface area contributed by atoms with Crippen LogP contribution in [0.4, 0.5) is 10.5 Å². The van der Waals surface area contributed by atoms with Crippen molar-refractivity contribution in [2.75, 3.05) is 11.9 Å². The normalized spacial score (nSPS) is 14.5. The topological polar surface area (TPSA) is 75.7 Å². The number of ether oxygens (including phenoxy) is 1. The molecule has 0 aliphatic carbocycles. The van der Waals surface area contributed by atoms with Crippen LogP contribution in [0.5, 0.6) is 5.75 Å². The molecule has 4 rings (SSSR count). The van der Waals surface area contributed by atoms with Crippen molar-refractivity contribution in [2.24, 2.45) is 0 Å². The van der Waals surface area contributed by atoms with Gasteiger partial charge in [0.1, 0.15) is 5.75 Å². The first-order chi connectivity index (χ1) is 16.4. The highest BCUT2D eigenvalue weighted by Gasteiger charge is 2.35. The summed E-state index contributed by atoms with van der Waals surface area (Å²) in [5.74, 6) is -0.184. The Morgan fingerprint density at radius 2 is 1.76 bits per heavy atom. The van der Waals surface area contributed by atoms with Gasteiger partial charge in [0.15, 0.2) is 6.61 Å². The number of amides is 3. The third-order valence-corrected chi connectivity index (χ3v) is 6.24. The van der Waals surface area contributed by atoms with Gasteiger partial charge in [-0.1, -0.05) is 54.6 Å². The highest BCUT2D eigenvalue weighted by molar-refractivity contribution is 8.18. The molecule has 0 unspecified atom stereocenters. The molecule has 3 aromatic rings. The van der Waals surface area contributed by atoms with Crippen molar-refractivity contribution in [1.82, 2.24) is 4.90 Å². The molecule has 6 nitrogen and oxygen atoms in total. The lowest BCUT2D eigenvalue weighted by atomic mass is 10.1. The molecule has 0 atom stereocenters. The van der Waals surface area contributed by atoms with Crippen LogP contribution in [0, 0.1) is 13.8 Å². The summed E-state index contributed by atoms with van der Waals surface area (Å²) in [6, 6.07) is 22.3. The zero-order valence-corrected chi connectivity index (χ0v) is 19.7. The van der Waals surface area contributed by atoms with Gasteiger partial charge >= 0.3 is 0 Å². The quantitative estimate of drug-likeness (QED) is 0.456. The van der Waals surface area contributed by atoms with E-state index in [9.17, 15) is 14.4 Å². The van der Waals surface area contributed by atoms with E-state index in [1.165, 1.54) is 4.90 Å². The maximum atomic E-state index is 13.0. The molecule has 3 amide bonds. The summed E-state index contributed by atoms with van der Waals surface area (Å²) < 4.78 is 5.74. The average Bonchev–Trinajstić information content (AvgIpc) is 3.07. The van der Waals surface area contributed by atoms with Crippen LogP contribution in [0.15, 0.2) is 77.7 Å². The zero-order valence-electron chi connectivity index (χ0n) is 18.9. The summed E-state index contributed by atoms with van der Waals surface area (Å²) in [7, 11) is 0. The second-order valence-electron chi connectivity index (χ2n) is 7.94. The number of imide groups is 1. The van der Waals surface area contributed by atoms with E-state index in [-0.39, 0.29) is 30.2 Å². The Balaban J connectivity index is 1.45. The highest BCUT2D eigenvalue weighted by Crippen LogP contribution is 2.35. The molecule has 172 valence electrons. The number of hydrogen-bond acceptors (Lipinski definition) is 5. The Labute approximate surface area is 202 Å². The average molecular weight is 473 g/mol. The second kappa shape index (κ2) is 10.4. The molecule has 34 heavy (non-hydrogen) atoms. The van der Waals surface area contributed by atoms with Crippen molar-refractivity contribution >= 4 is 40.6 Å². The van der Waals surface area contributed by atoms with Crippen molar-refractivity contribution in [2.45, 2.75) is 20.4 Å². The molecule has 0 bridgehead atoms. The molecule has 1 heterocycles. The van der Waals surface area contributed by atoms with E-state index in [1.54, 1.807) is 24.3 Å². The number of anilines is 1. The number of aryl methyl sites for hydroxylation is 2. The van der Waals surface area contributed by atoms with E-state index >= 15 is 0 Å². The first kappa shape index (κ1) is 23.3. The van der Waals surface area contributed by atoms with Gasteiger partial charge in [-0.05, 0) is 66.6 Å². The number of hydrogen-bond donors (Lipinski definition) is 1. The summed E-state index contributed by atoms with van der Waals surface area (Å²) in [4.78, 5) is 39.4. The van der Waals surface area contributed by atoms with Gasteiger partial charge in [-0.15, -0.1) is 0 Å². The summed E-state index contributed by atoms with van der Waals surface area (Å²) in [5, 5.41) is 2.49. The van der Waals surface area contributed by atoms with Crippen molar-refractivity contribution < 1.29 is 19.1 Å². The number of carbonyl (C=O) groups excluding carboxylic acids is 3. The Morgan fingerprint density at radius 1 is 1.00 bits per heavy atom. The molecule has 7 heteroatoms. The number of thioether (sulfide) groups is 1. The predicted molar refractivity (Wildman–Crippen MR) is 134 cm³/mol. The number of nitrogens with zero attached hydrogens (tertiary/aromatic N) is 1. The fourth-order valence-corrected chi connectivity index (χ4v) is 4.36. The second-order valence-corrected chi connectivity index (χ2v) is 8.93. The predicted octanol–water partition coefficient (Wildman–Crippen LogP) is 5.56. The van der Waals surface area contributed by atoms with Crippen LogP contribution in [0.2, 0.25) is 0 Å². The highest BCUT2D eigenvalue weighted by atomic mass is 32.2. The SMILES string of the molecule is Cc1cccc(NC(=O)COc2ccccc2/C=C2\SC(=O)N(Cc3ccccc3C)C2=O)c1. The monoisotopic (exact) mass is 472 g/mol. The molecule has 0 radical (unpaired) electrons. The van der Waals surface area contributed by atoms with Crippen LogP contribution in [-0.4, -0.2) is 28.6 Å². The molecular formula is C27H24N2O4S. The van der Waals surface area contributed by atoms with Gasteiger partial charge in [0.25, 0.3) is 17.1 Å². The van der Waals surface area contributed by atoms with Gasteiger partial charge in [0.05, 0.1) is 11.4 Å². The number of nitrogens with one attached hydrogen (secondary N) is 1. The summed E-state index contributed by atoms with van der Waals surface area (Å²) in [6.07, 6.45) is 1.64. The fraction of sp³-hybridized carbons (Fsp3) is 0.148. The molecule has 0 spiro atoms. The standard InChI is InChI=1S/C27H24N2O4S/c1-18-8-7-12-22(14-18)28-25(30)17-33-23-13-6-5-10-20(23)15-24-26(31)29(27(32)34-24)16-21-11-4-3-9-19(21)2/h3-15H,16-17H2,1-2H3,(H,28,30)/b24-15-. The summed E-state index contributed by atoms with van der Waals surface area (Å²) >= 11 is 0.902. The summed E-state index contributed by atoms with van der Waals surface area (Å²) in [6.45, 7) is 3.94. The molecule has 0 saturated carbocycles. The zero-order chi connectivity index (χ0) is 24.1. The Morgan fingerprint density at radius 3 is 2.56 bits per heavy atom. The van der Waals surface area contributed by atoms with Crippen molar-refractivity contribution in [3.05, 3.63) is 100.0 Å². The van der Waals surface area contributed by atoms with E-state index < -0.39 is 0 Å². The Hall–Kier alpha value is -3.84. The van der Waals surface area contributed by atoms with Crippen molar-refractivity contribution in [3.63, 3.8) is 0 Å². The lowest BCUT2D eigenvalue weighted by Gasteiger charge is -2.14. The van der Waals surface area contributed by atoms with E-state index in [0.29, 0.717) is 21.9 Å². The Kier molecular flexibility index (Phi) is 7.13. The van der Waals surface area contributed by atoms with Gasteiger partial charge < -0.3 is 10.1 Å². The largest absolute Gasteiger partial charge is 0.483 e. The maximum Gasteiger partial charge on any atom is 0.293 e. The first-order valence-electron chi connectivity index (χ1n) is 10.8. The minimum absolute atomic E-state index is 0.187. The molecular weight excluding hydrogens is 448 g/mol. The molecule has 1 fully saturated rings. The molecule has 1 aliphatic rings. The number of para-hydroxylation sites is 1. The lowest BCUT2D eigenvalue weighted by molar-refractivity contribution is -0.123. The number of rotatable bonds is 7. The summed E-state index contributed by atoms with van der Waals surface area (Å²) in [5.41, 5.74) is 4.31. The third kappa shape index (κ3) is 5.55. The third-order valence-electron chi connectivity index (χ3n) is 5.33. The molecule has 1 saturated heterocycles. The van der Waals surface area contributed by atoms with Crippen molar-refractivity contribution in [1.29, 1.82) is 0 Å². The first-order valence-corrected chi connectivity index (χ1v) is 11.6. The fourth-order valence-electron chi connectivity index (χ4n) is 3.53. The van der Waals surface area contributed by atoms with Gasteiger partial charge in [-0.2, -0.15) is 0 Å². The van der Waals surface area contributed by atoms with Crippen LogP contribution in [0.1, 0.15) is 22.3 Å². The van der Waals surface area contributed by atoms with Crippen LogP contribution >= 0.6 is 11.8 Å². The van der Waals surface area contributed by atoms with Crippen molar-refractivity contribution in [3.8, 4) is 5.75 Å². The van der Waals surface area contributed by atoms with Gasteiger partial charge in [-0.25, -0.2) is 0 Å². The van der Waals surface area contributed by atoms with Crippen LogP contribution < -0.4 is 10.1 Å². The van der Waals surface area contributed by atoms with Crippen LogP contribution in [0.25, 0.3) is 6.08 Å². The lowest BCUT2D eigenvalue weighted by Crippen LogP contribution is -2.27. The van der Waals surface area contributed by atoms with Gasteiger partial charge in [-0.3, -0.25) is 19.3 Å².